The van der Waals surface area contributed by atoms with Crippen molar-refractivity contribution in [3.8, 4) is 0 Å². The maximum atomic E-state index is 13.5. The highest BCUT2D eigenvalue weighted by Crippen LogP contribution is 2.30. The van der Waals surface area contributed by atoms with Gasteiger partial charge in [0.05, 0.1) is 11.1 Å². The van der Waals surface area contributed by atoms with Crippen LogP contribution in [0.4, 0.5) is 17.6 Å². The summed E-state index contributed by atoms with van der Waals surface area (Å²) in [6.45, 7) is 3.00. The summed E-state index contributed by atoms with van der Waals surface area (Å²) in [5.74, 6) is -4.24. The molecular formula is C13H13F4NO3. The van der Waals surface area contributed by atoms with E-state index in [1.807, 2.05) is 5.32 Å². The zero-order valence-electron chi connectivity index (χ0n) is 11.2. The molecule has 21 heavy (non-hydrogen) atoms. The van der Waals surface area contributed by atoms with Crippen LogP contribution in [0.3, 0.4) is 0 Å². The van der Waals surface area contributed by atoms with Gasteiger partial charge in [0.15, 0.2) is 0 Å². The van der Waals surface area contributed by atoms with Crippen LogP contribution < -0.4 is 5.32 Å². The zero-order chi connectivity index (χ0) is 16.4. The summed E-state index contributed by atoms with van der Waals surface area (Å²) >= 11 is 0. The Bertz CT molecular complexity index is 555. The molecule has 1 atom stereocenters. The fourth-order valence-electron chi connectivity index (χ4n) is 1.61. The lowest BCUT2D eigenvalue weighted by molar-refractivity contribution is -0.140. The van der Waals surface area contributed by atoms with Gasteiger partial charge in [-0.3, -0.25) is 4.79 Å². The van der Waals surface area contributed by atoms with Gasteiger partial charge >= 0.3 is 12.1 Å². The summed E-state index contributed by atoms with van der Waals surface area (Å²) in [7, 11) is 0. The average molecular weight is 307 g/mol. The molecule has 2 N–H and O–H groups in total. The normalized spacial score (nSPS) is 13.1. The van der Waals surface area contributed by atoms with Crippen LogP contribution in [0.1, 0.15) is 29.8 Å². The number of aliphatic carboxylic acids is 1. The van der Waals surface area contributed by atoms with Gasteiger partial charge in [0.25, 0.3) is 5.91 Å². The van der Waals surface area contributed by atoms with Crippen LogP contribution in [0.2, 0.25) is 0 Å². The van der Waals surface area contributed by atoms with Crippen molar-refractivity contribution >= 4 is 11.9 Å². The van der Waals surface area contributed by atoms with Crippen molar-refractivity contribution < 1.29 is 32.3 Å². The third kappa shape index (κ3) is 4.17. The number of halogens is 4. The van der Waals surface area contributed by atoms with E-state index in [1.165, 1.54) is 13.8 Å². The van der Waals surface area contributed by atoms with E-state index in [1.54, 1.807) is 0 Å². The van der Waals surface area contributed by atoms with Gasteiger partial charge in [0.2, 0.25) is 0 Å². The lowest BCUT2D eigenvalue weighted by Crippen LogP contribution is -2.44. The van der Waals surface area contributed by atoms with Crippen molar-refractivity contribution in [3.05, 3.63) is 35.1 Å². The predicted molar refractivity (Wildman–Crippen MR) is 65.1 cm³/mol. The van der Waals surface area contributed by atoms with E-state index in [9.17, 15) is 27.2 Å². The molecule has 1 rings (SSSR count). The molecule has 1 amide bonds. The maximum Gasteiger partial charge on any atom is 0.416 e. The number of nitrogens with one attached hydrogen (secondary N) is 1. The first-order valence-electron chi connectivity index (χ1n) is 5.94. The molecule has 1 aromatic rings. The van der Waals surface area contributed by atoms with Gasteiger partial charge < -0.3 is 10.4 Å². The minimum atomic E-state index is -4.73. The molecule has 8 heteroatoms. The number of hydrogen-bond acceptors (Lipinski definition) is 2. The number of carbonyl (C=O) groups is 2. The summed E-state index contributed by atoms with van der Waals surface area (Å²) in [4.78, 5) is 22.7. The summed E-state index contributed by atoms with van der Waals surface area (Å²) in [5.41, 5.74) is -2.04. The molecule has 0 unspecified atom stereocenters. The third-order valence-electron chi connectivity index (χ3n) is 2.76. The molecule has 0 radical (unpaired) electrons. The van der Waals surface area contributed by atoms with Gasteiger partial charge in [-0.25, -0.2) is 9.18 Å². The first-order valence-corrected chi connectivity index (χ1v) is 5.94. The Morgan fingerprint density at radius 3 is 2.24 bits per heavy atom. The Balaban J connectivity index is 3.10. The van der Waals surface area contributed by atoms with Crippen LogP contribution in [-0.4, -0.2) is 23.0 Å². The van der Waals surface area contributed by atoms with Crippen LogP contribution in [0.5, 0.6) is 0 Å². The Morgan fingerprint density at radius 1 is 1.24 bits per heavy atom. The third-order valence-corrected chi connectivity index (χ3v) is 2.76. The Morgan fingerprint density at radius 2 is 1.81 bits per heavy atom. The molecule has 0 aromatic heterocycles. The summed E-state index contributed by atoms with van der Waals surface area (Å²) in [6.07, 6.45) is -4.73. The van der Waals surface area contributed by atoms with E-state index in [-0.39, 0.29) is 0 Å². The standard InChI is InChI=1S/C13H13F4NO3/c1-6(2)10(12(20)21)18-11(19)8-5-7(13(15,16)17)3-4-9(8)14/h3-6,10H,1-2H3,(H,18,19)(H,20,21)/t10-/m1/s1. The quantitative estimate of drug-likeness (QED) is 0.841. The molecule has 0 saturated heterocycles. The Labute approximate surface area is 117 Å². The van der Waals surface area contributed by atoms with Crippen LogP contribution in [0, 0.1) is 11.7 Å². The molecule has 0 aliphatic heterocycles. The van der Waals surface area contributed by atoms with Crippen LogP contribution >= 0.6 is 0 Å². The highest BCUT2D eigenvalue weighted by molar-refractivity contribution is 5.97. The lowest BCUT2D eigenvalue weighted by atomic mass is 10.0. The largest absolute Gasteiger partial charge is 0.480 e. The number of benzene rings is 1. The SMILES string of the molecule is CC(C)[C@@H](NC(=O)c1cc(C(F)(F)F)ccc1F)C(=O)O. The van der Waals surface area contributed by atoms with E-state index in [4.69, 9.17) is 5.11 Å². The van der Waals surface area contributed by atoms with Crippen molar-refractivity contribution in [2.45, 2.75) is 26.1 Å². The fraction of sp³-hybridized carbons (Fsp3) is 0.385. The molecule has 0 saturated carbocycles. The van der Waals surface area contributed by atoms with Crippen LogP contribution in [0.15, 0.2) is 18.2 Å². The molecule has 0 fully saturated rings. The van der Waals surface area contributed by atoms with E-state index in [0.29, 0.717) is 18.2 Å². The van der Waals surface area contributed by atoms with Crippen molar-refractivity contribution in [2.75, 3.05) is 0 Å². The Kier molecular flexibility index (Phi) is 4.93. The van der Waals surface area contributed by atoms with E-state index in [0.717, 1.165) is 0 Å². The summed E-state index contributed by atoms with van der Waals surface area (Å²) < 4.78 is 51.1. The summed E-state index contributed by atoms with van der Waals surface area (Å²) in [6, 6.07) is 0.0437. The van der Waals surface area contributed by atoms with Gasteiger partial charge in [-0.1, -0.05) is 13.8 Å². The predicted octanol–water partition coefficient (Wildman–Crippen LogP) is 2.68. The highest BCUT2D eigenvalue weighted by Gasteiger charge is 2.32. The molecule has 116 valence electrons. The van der Waals surface area contributed by atoms with Crippen molar-refractivity contribution in [2.24, 2.45) is 5.92 Å². The average Bonchev–Trinajstić information content (AvgIpc) is 2.33. The van der Waals surface area contributed by atoms with Crippen LogP contribution in [0.25, 0.3) is 0 Å². The van der Waals surface area contributed by atoms with Crippen molar-refractivity contribution in [1.29, 1.82) is 0 Å². The second-order valence-corrected chi connectivity index (χ2v) is 4.73. The Hall–Kier alpha value is -2.12. The molecule has 4 nitrogen and oxygen atoms in total. The maximum absolute atomic E-state index is 13.5. The molecule has 0 spiro atoms. The molecule has 0 bridgehead atoms. The number of alkyl halides is 3. The minimum Gasteiger partial charge on any atom is -0.480 e. The zero-order valence-corrected chi connectivity index (χ0v) is 11.2. The fourth-order valence-corrected chi connectivity index (χ4v) is 1.61. The number of rotatable bonds is 4. The molecule has 0 aliphatic carbocycles. The van der Waals surface area contributed by atoms with Gasteiger partial charge in [-0.05, 0) is 24.1 Å². The molecular weight excluding hydrogens is 294 g/mol. The van der Waals surface area contributed by atoms with Crippen LogP contribution in [-0.2, 0) is 11.0 Å². The number of carbonyl (C=O) groups excluding carboxylic acids is 1. The van der Waals surface area contributed by atoms with E-state index < -0.39 is 47.0 Å². The molecule has 0 aliphatic rings. The van der Waals surface area contributed by atoms with Gasteiger partial charge in [0.1, 0.15) is 11.9 Å². The minimum absolute atomic E-state index is 0.351. The smallest absolute Gasteiger partial charge is 0.416 e. The molecule has 1 aromatic carbocycles. The van der Waals surface area contributed by atoms with Crippen molar-refractivity contribution in [3.63, 3.8) is 0 Å². The second kappa shape index (κ2) is 6.11. The summed E-state index contributed by atoms with van der Waals surface area (Å²) in [5, 5.41) is 10.9. The number of carboxylic acids is 1. The van der Waals surface area contributed by atoms with Gasteiger partial charge in [-0.2, -0.15) is 13.2 Å². The number of amides is 1. The van der Waals surface area contributed by atoms with E-state index in [2.05, 4.69) is 0 Å². The molecule has 0 heterocycles. The monoisotopic (exact) mass is 307 g/mol. The number of hydrogen-bond donors (Lipinski definition) is 2. The number of carboxylic acid groups (broad SMARTS) is 1. The van der Waals surface area contributed by atoms with Gasteiger partial charge in [-0.15, -0.1) is 0 Å². The first kappa shape index (κ1) is 16.9. The second-order valence-electron chi connectivity index (χ2n) is 4.73. The topological polar surface area (TPSA) is 66.4 Å². The van der Waals surface area contributed by atoms with E-state index >= 15 is 0 Å². The first-order chi connectivity index (χ1) is 9.54. The van der Waals surface area contributed by atoms with Crippen molar-refractivity contribution in [1.82, 2.24) is 5.32 Å². The van der Waals surface area contributed by atoms with Gasteiger partial charge in [0, 0.05) is 0 Å². The lowest BCUT2D eigenvalue weighted by Gasteiger charge is -2.18. The highest BCUT2D eigenvalue weighted by atomic mass is 19.4.